The highest BCUT2D eigenvalue weighted by atomic mass is 33.2. The van der Waals surface area contributed by atoms with Crippen LogP contribution in [0.3, 0.4) is 0 Å². The first-order valence-electron chi connectivity index (χ1n) is 17.1. The summed E-state index contributed by atoms with van der Waals surface area (Å²) in [4.78, 5) is 0. The second-order valence-corrected chi connectivity index (χ2v) is 27.2. The van der Waals surface area contributed by atoms with Crippen LogP contribution in [0.2, 0.25) is 12.1 Å². The van der Waals surface area contributed by atoms with Crippen molar-refractivity contribution in [2.45, 2.75) is 107 Å². The molecular formula is C26H62O14S2Si5. The third-order valence-electron chi connectivity index (χ3n) is 5.95. The molecule has 0 amide bonds. The van der Waals surface area contributed by atoms with Crippen LogP contribution in [0.1, 0.15) is 89.0 Å². The Morgan fingerprint density at radius 1 is 0.574 bits per heavy atom. The molecule has 0 aliphatic carbocycles. The van der Waals surface area contributed by atoms with Crippen LogP contribution in [0, 0.1) is 0 Å². The van der Waals surface area contributed by atoms with E-state index < -0.39 is 49.9 Å². The number of hydrogen-bond acceptors (Lipinski definition) is 16. The molecule has 4 unspecified atom stereocenters. The lowest BCUT2D eigenvalue weighted by molar-refractivity contribution is -0.111. The maximum absolute atomic E-state index is 6.88. The van der Waals surface area contributed by atoms with Crippen LogP contribution in [0.5, 0.6) is 0 Å². The number of ether oxygens (including phenoxy) is 1. The van der Waals surface area contributed by atoms with Crippen LogP contribution < -0.4 is 0 Å². The van der Waals surface area contributed by atoms with Crippen molar-refractivity contribution in [2.24, 2.45) is 0 Å². The van der Waals surface area contributed by atoms with Gasteiger partial charge in [0.1, 0.15) is 6.29 Å². The largest absolute Gasteiger partial charge is 0.667 e. The predicted octanol–water partition coefficient (Wildman–Crippen LogP) is 6.12. The average Bonchev–Trinajstić information content (AvgIpc) is 2.98. The highest BCUT2D eigenvalue weighted by molar-refractivity contribution is 8.87. The van der Waals surface area contributed by atoms with Gasteiger partial charge in [-0.25, -0.2) is 0 Å². The van der Waals surface area contributed by atoms with Crippen LogP contribution in [-0.4, -0.2) is 115 Å². The zero-order valence-electron chi connectivity index (χ0n) is 30.5. The van der Waals surface area contributed by atoms with Crippen molar-refractivity contribution in [3.63, 3.8) is 0 Å². The fourth-order valence-corrected chi connectivity index (χ4v) is 30.9. The summed E-state index contributed by atoms with van der Waals surface area (Å²) in [6.45, 7) is 24.3. The van der Waals surface area contributed by atoms with Crippen LogP contribution in [0.15, 0.2) is 0 Å². The van der Waals surface area contributed by atoms with Gasteiger partial charge in [0.05, 0.1) is 0 Å². The summed E-state index contributed by atoms with van der Waals surface area (Å²) in [6, 6.07) is 1.15. The molecule has 1 saturated heterocycles. The molecule has 0 radical (unpaired) electrons. The van der Waals surface area contributed by atoms with Crippen LogP contribution in [0.4, 0.5) is 0 Å². The maximum Gasteiger partial charge on any atom is 0.667 e. The van der Waals surface area contributed by atoms with Gasteiger partial charge >= 0.3 is 43.7 Å². The van der Waals surface area contributed by atoms with Gasteiger partial charge in [-0.2, -0.15) is 0 Å². The standard InChI is InChI=1S/C26H62O14S2Si5/c1-12-24-44(31-17-6,36-26(11)27-13-2)37-46(34-20-9)38-45(32-18-7,33-19-8)39-47(40-46,35-21-10)42-41-23-22-25-43(28-14-3,29-15-4)30-16-5/h26H,12-25H2,1-11H3. The van der Waals surface area contributed by atoms with E-state index in [0.29, 0.717) is 63.9 Å². The second-order valence-electron chi connectivity index (χ2n) is 9.64. The molecule has 1 aliphatic rings. The summed E-state index contributed by atoms with van der Waals surface area (Å²) in [7, 11) is -15.3. The van der Waals surface area contributed by atoms with E-state index in [1.165, 1.54) is 10.2 Å². The highest BCUT2D eigenvalue weighted by Gasteiger charge is 2.75. The average molecular weight is 803 g/mol. The Morgan fingerprint density at radius 2 is 1.09 bits per heavy atom. The molecule has 14 nitrogen and oxygen atoms in total. The molecular weight excluding hydrogens is 741 g/mol. The number of hydrogen-bond donors (Lipinski definition) is 0. The van der Waals surface area contributed by atoms with E-state index in [1.807, 2.05) is 76.2 Å². The first-order valence-corrected chi connectivity index (χ1v) is 29.0. The quantitative estimate of drug-likeness (QED) is 0.0358. The Bertz CT molecular complexity index is 790. The first-order chi connectivity index (χ1) is 22.5. The first kappa shape index (κ1) is 46.2. The van der Waals surface area contributed by atoms with Crippen molar-refractivity contribution >= 4 is 64.7 Å². The Morgan fingerprint density at radius 3 is 1.57 bits per heavy atom. The molecule has 21 heteroatoms. The molecule has 282 valence electrons. The number of rotatable bonds is 30. The third-order valence-corrected chi connectivity index (χ3v) is 29.4. The monoisotopic (exact) mass is 802 g/mol. The molecule has 0 aromatic carbocycles. The molecule has 4 atom stereocenters. The molecule has 1 fully saturated rings. The summed E-state index contributed by atoms with van der Waals surface area (Å²) in [5, 5.41) is 0. The van der Waals surface area contributed by atoms with E-state index in [-0.39, 0.29) is 19.8 Å². The molecule has 0 aromatic rings. The molecule has 1 aliphatic heterocycles. The van der Waals surface area contributed by atoms with E-state index >= 15 is 0 Å². The van der Waals surface area contributed by atoms with Crippen molar-refractivity contribution in [2.75, 3.05) is 65.2 Å². The normalized spacial score (nSPS) is 23.6. The van der Waals surface area contributed by atoms with E-state index in [2.05, 4.69) is 0 Å². The van der Waals surface area contributed by atoms with Gasteiger partial charge in [0.25, 0.3) is 0 Å². The summed E-state index contributed by atoms with van der Waals surface area (Å²) < 4.78 is 88.6. The highest BCUT2D eigenvalue weighted by Crippen LogP contribution is 2.45. The third kappa shape index (κ3) is 15.4. The zero-order chi connectivity index (χ0) is 35.3. The molecule has 0 saturated carbocycles. The van der Waals surface area contributed by atoms with Crippen molar-refractivity contribution in [3.05, 3.63) is 0 Å². The molecule has 0 N–H and O–H groups in total. The minimum atomic E-state index is -4.20. The SMILES string of the molecule is CCC[Si](OCC)(OC(C)OCC)O[Si]1(OCC)O[Si](OCC)(OCC)O[Si](OCC)(SSCCC[Si](OCC)(OCC)OCC)O1. The fraction of sp³-hybridized carbons (Fsp3) is 1.00. The summed E-state index contributed by atoms with van der Waals surface area (Å²) in [6.07, 6.45) is 0.894. The topological polar surface area (TPSA) is 129 Å². The van der Waals surface area contributed by atoms with Crippen molar-refractivity contribution in [1.29, 1.82) is 0 Å². The summed E-state index contributed by atoms with van der Waals surface area (Å²) in [5.74, 6) is 0.715. The lowest BCUT2D eigenvalue weighted by atomic mass is 10.6. The van der Waals surface area contributed by atoms with E-state index in [1.54, 1.807) is 10.8 Å². The maximum atomic E-state index is 6.88. The van der Waals surface area contributed by atoms with Gasteiger partial charge in [-0.1, -0.05) is 24.1 Å². The zero-order valence-corrected chi connectivity index (χ0v) is 37.1. The Balaban J connectivity index is 3.53. The molecule has 0 bridgehead atoms. The summed E-state index contributed by atoms with van der Waals surface area (Å²) >= 11 is 0. The Labute approximate surface area is 297 Å². The minimum absolute atomic E-state index is 0.214. The van der Waals surface area contributed by atoms with E-state index in [9.17, 15) is 0 Å². The van der Waals surface area contributed by atoms with Crippen molar-refractivity contribution < 1.29 is 61.0 Å². The fourth-order valence-electron chi connectivity index (χ4n) is 4.61. The van der Waals surface area contributed by atoms with Gasteiger partial charge < -0.3 is 61.0 Å². The van der Waals surface area contributed by atoms with Gasteiger partial charge in [0, 0.05) is 77.3 Å². The summed E-state index contributed by atoms with van der Waals surface area (Å²) in [5.41, 5.74) is 0. The van der Waals surface area contributed by atoms with Crippen LogP contribution in [-0.2, 0) is 61.0 Å². The smallest absolute Gasteiger partial charge is 0.374 e. The molecule has 0 spiro atoms. The van der Waals surface area contributed by atoms with E-state index in [0.717, 1.165) is 6.42 Å². The van der Waals surface area contributed by atoms with Crippen LogP contribution in [0.25, 0.3) is 0 Å². The second kappa shape index (κ2) is 24.5. The van der Waals surface area contributed by atoms with Gasteiger partial charge in [0.2, 0.25) is 0 Å². The molecule has 47 heavy (non-hydrogen) atoms. The van der Waals surface area contributed by atoms with Gasteiger partial charge in [-0.05, 0) is 85.9 Å². The van der Waals surface area contributed by atoms with Gasteiger partial charge in [-0.3, -0.25) is 0 Å². The van der Waals surface area contributed by atoms with Gasteiger partial charge in [-0.15, -0.1) is 0 Å². The molecule has 0 aromatic heterocycles. The molecule has 1 rings (SSSR count). The van der Waals surface area contributed by atoms with Crippen molar-refractivity contribution in [1.82, 2.24) is 0 Å². The molecule has 1 heterocycles. The predicted molar refractivity (Wildman–Crippen MR) is 193 cm³/mol. The minimum Gasteiger partial charge on any atom is -0.374 e. The van der Waals surface area contributed by atoms with Gasteiger partial charge in [0.15, 0.2) is 0 Å². The van der Waals surface area contributed by atoms with Crippen LogP contribution >= 0.6 is 21.0 Å². The Hall–Kier alpha value is 1.22. The van der Waals surface area contributed by atoms with Crippen molar-refractivity contribution in [3.8, 4) is 0 Å². The lowest BCUT2D eigenvalue weighted by Crippen LogP contribution is -2.76. The lowest BCUT2D eigenvalue weighted by Gasteiger charge is -2.48. The van der Waals surface area contributed by atoms with E-state index in [4.69, 9.17) is 61.0 Å². The Kier molecular flexibility index (Phi) is 24.1.